The Morgan fingerprint density at radius 1 is 1.28 bits per heavy atom. The summed E-state index contributed by atoms with van der Waals surface area (Å²) in [6.07, 6.45) is 2.07. The summed E-state index contributed by atoms with van der Waals surface area (Å²) in [5, 5.41) is 11.9. The third-order valence-electron chi connectivity index (χ3n) is 3.46. The minimum atomic E-state index is -0.864. The van der Waals surface area contributed by atoms with Crippen molar-refractivity contribution in [2.24, 2.45) is 11.8 Å². The van der Waals surface area contributed by atoms with Crippen LogP contribution < -0.4 is 5.32 Å². The van der Waals surface area contributed by atoms with Gasteiger partial charge in [-0.2, -0.15) is 0 Å². The molecule has 96 valence electrons. The molecule has 0 spiro atoms. The fraction of sp³-hybridized carbons (Fsp3) is 0.429. The van der Waals surface area contributed by atoms with Crippen LogP contribution in [0.5, 0.6) is 0 Å². The summed E-state index contributed by atoms with van der Waals surface area (Å²) in [5.74, 6) is -1.97. The number of carbonyl (C=O) groups is 2. The van der Waals surface area contributed by atoms with Crippen LogP contribution in [-0.4, -0.2) is 17.0 Å². The van der Waals surface area contributed by atoms with E-state index >= 15 is 0 Å². The predicted octanol–water partition coefficient (Wildman–Crippen LogP) is 2.43. The fourth-order valence-corrected chi connectivity index (χ4v) is 2.53. The molecule has 2 atom stereocenters. The number of aliphatic carboxylic acids is 1. The first-order valence-corrected chi connectivity index (χ1v) is 6.18. The molecular formula is C14H17NO3. The maximum absolute atomic E-state index is 12.1. The lowest BCUT2D eigenvalue weighted by atomic mass is 9.95. The molecule has 1 amide bonds. The van der Waals surface area contributed by atoms with Gasteiger partial charge in [0.05, 0.1) is 11.8 Å². The highest BCUT2D eigenvalue weighted by atomic mass is 16.4. The molecule has 1 aliphatic carbocycles. The average molecular weight is 247 g/mol. The van der Waals surface area contributed by atoms with Gasteiger partial charge in [-0.25, -0.2) is 0 Å². The molecule has 4 heteroatoms. The van der Waals surface area contributed by atoms with Gasteiger partial charge in [0, 0.05) is 5.69 Å². The van der Waals surface area contributed by atoms with Crippen LogP contribution in [0.1, 0.15) is 24.8 Å². The van der Waals surface area contributed by atoms with Crippen LogP contribution in [0, 0.1) is 18.8 Å². The number of benzene rings is 1. The first kappa shape index (κ1) is 12.6. The van der Waals surface area contributed by atoms with E-state index in [9.17, 15) is 9.59 Å². The summed E-state index contributed by atoms with van der Waals surface area (Å²) in [6, 6.07) is 7.51. The summed E-state index contributed by atoms with van der Waals surface area (Å²) in [4.78, 5) is 23.1. The zero-order chi connectivity index (χ0) is 13.1. The summed E-state index contributed by atoms with van der Waals surface area (Å²) >= 11 is 0. The van der Waals surface area contributed by atoms with Gasteiger partial charge >= 0.3 is 5.97 Å². The SMILES string of the molecule is Cc1cccc(NC(=O)[C@@H]2CCC[C@@H]2C(=O)O)c1. The number of amides is 1. The summed E-state index contributed by atoms with van der Waals surface area (Å²) < 4.78 is 0. The van der Waals surface area contributed by atoms with Gasteiger partial charge < -0.3 is 10.4 Å². The van der Waals surface area contributed by atoms with Crippen LogP contribution in [0.25, 0.3) is 0 Å². The van der Waals surface area contributed by atoms with E-state index in [1.54, 1.807) is 0 Å². The number of carbonyl (C=O) groups excluding carboxylic acids is 1. The molecule has 1 fully saturated rings. The van der Waals surface area contributed by atoms with Crippen molar-refractivity contribution in [3.05, 3.63) is 29.8 Å². The Morgan fingerprint density at radius 3 is 2.67 bits per heavy atom. The third kappa shape index (κ3) is 2.70. The van der Waals surface area contributed by atoms with Crippen LogP contribution in [0.3, 0.4) is 0 Å². The smallest absolute Gasteiger partial charge is 0.307 e. The van der Waals surface area contributed by atoms with E-state index in [0.717, 1.165) is 17.7 Å². The zero-order valence-electron chi connectivity index (χ0n) is 10.3. The minimum Gasteiger partial charge on any atom is -0.481 e. The monoisotopic (exact) mass is 247 g/mol. The van der Waals surface area contributed by atoms with E-state index in [1.807, 2.05) is 31.2 Å². The van der Waals surface area contributed by atoms with Crippen molar-refractivity contribution in [3.63, 3.8) is 0 Å². The molecule has 1 aromatic rings. The van der Waals surface area contributed by atoms with Gasteiger partial charge in [0.1, 0.15) is 0 Å². The van der Waals surface area contributed by atoms with Gasteiger partial charge in [0.15, 0.2) is 0 Å². The van der Waals surface area contributed by atoms with Gasteiger partial charge in [-0.1, -0.05) is 18.6 Å². The first-order valence-electron chi connectivity index (χ1n) is 6.18. The van der Waals surface area contributed by atoms with Gasteiger partial charge in [-0.05, 0) is 37.5 Å². The van der Waals surface area contributed by atoms with E-state index in [1.165, 1.54) is 0 Å². The molecule has 0 heterocycles. The molecule has 0 radical (unpaired) electrons. The van der Waals surface area contributed by atoms with Crippen LogP contribution in [-0.2, 0) is 9.59 Å². The van der Waals surface area contributed by atoms with Crippen molar-refractivity contribution in [2.45, 2.75) is 26.2 Å². The number of carboxylic acid groups (broad SMARTS) is 1. The maximum atomic E-state index is 12.1. The topological polar surface area (TPSA) is 66.4 Å². The second kappa shape index (κ2) is 5.21. The fourth-order valence-electron chi connectivity index (χ4n) is 2.53. The molecule has 4 nitrogen and oxygen atoms in total. The van der Waals surface area contributed by atoms with Gasteiger partial charge in [-0.15, -0.1) is 0 Å². The van der Waals surface area contributed by atoms with Gasteiger partial charge in [-0.3, -0.25) is 9.59 Å². The molecule has 1 aromatic carbocycles. The minimum absolute atomic E-state index is 0.175. The molecule has 1 saturated carbocycles. The van der Waals surface area contributed by atoms with Crippen LogP contribution in [0.2, 0.25) is 0 Å². The normalized spacial score (nSPS) is 22.7. The molecule has 0 aromatic heterocycles. The number of aryl methyl sites for hydroxylation is 1. The van der Waals surface area contributed by atoms with Crippen molar-refractivity contribution < 1.29 is 14.7 Å². The van der Waals surface area contributed by atoms with Gasteiger partial charge in [0.2, 0.25) is 5.91 Å². The summed E-state index contributed by atoms with van der Waals surface area (Å²) in [7, 11) is 0. The highest BCUT2D eigenvalue weighted by molar-refractivity contribution is 5.95. The average Bonchev–Trinajstić information content (AvgIpc) is 2.77. The molecule has 1 aliphatic rings. The standard InChI is InChI=1S/C14H17NO3/c1-9-4-2-5-10(8-9)15-13(16)11-6-3-7-12(11)14(17)18/h2,4-5,8,11-12H,3,6-7H2,1H3,(H,15,16)(H,17,18)/t11-,12+/m1/s1. The quantitative estimate of drug-likeness (QED) is 0.862. The molecule has 2 rings (SSSR count). The number of anilines is 1. The maximum Gasteiger partial charge on any atom is 0.307 e. The van der Waals surface area contributed by atoms with Crippen LogP contribution in [0.4, 0.5) is 5.69 Å². The van der Waals surface area contributed by atoms with Crippen LogP contribution >= 0.6 is 0 Å². The lowest BCUT2D eigenvalue weighted by Crippen LogP contribution is -2.29. The lowest BCUT2D eigenvalue weighted by Gasteiger charge is -2.15. The highest BCUT2D eigenvalue weighted by Crippen LogP contribution is 2.32. The molecule has 0 saturated heterocycles. The molecule has 0 aliphatic heterocycles. The molecule has 2 N–H and O–H groups in total. The van der Waals surface area contributed by atoms with Crippen molar-refractivity contribution in [2.75, 3.05) is 5.32 Å². The Balaban J connectivity index is 2.06. The second-order valence-electron chi connectivity index (χ2n) is 4.84. The van der Waals surface area contributed by atoms with Crippen molar-refractivity contribution in [3.8, 4) is 0 Å². The zero-order valence-corrected chi connectivity index (χ0v) is 10.3. The van der Waals surface area contributed by atoms with Crippen molar-refractivity contribution in [1.82, 2.24) is 0 Å². The summed E-state index contributed by atoms with van der Waals surface area (Å²) in [6.45, 7) is 1.95. The van der Waals surface area contributed by atoms with E-state index in [-0.39, 0.29) is 5.91 Å². The van der Waals surface area contributed by atoms with E-state index in [0.29, 0.717) is 12.8 Å². The number of rotatable bonds is 3. The lowest BCUT2D eigenvalue weighted by molar-refractivity contribution is -0.145. The largest absolute Gasteiger partial charge is 0.481 e. The highest BCUT2D eigenvalue weighted by Gasteiger charge is 2.37. The Morgan fingerprint density at radius 2 is 2.00 bits per heavy atom. The number of hydrogen-bond donors (Lipinski definition) is 2. The van der Waals surface area contributed by atoms with Crippen molar-refractivity contribution >= 4 is 17.6 Å². The summed E-state index contributed by atoms with van der Waals surface area (Å²) in [5.41, 5.74) is 1.80. The van der Waals surface area contributed by atoms with E-state index in [2.05, 4.69) is 5.32 Å². The third-order valence-corrected chi connectivity index (χ3v) is 3.46. The second-order valence-corrected chi connectivity index (χ2v) is 4.84. The molecule has 0 bridgehead atoms. The number of nitrogens with one attached hydrogen (secondary N) is 1. The predicted molar refractivity (Wildman–Crippen MR) is 68.3 cm³/mol. The van der Waals surface area contributed by atoms with Gasteiger partial charge in [0.25, 0.3) is 0 Å². The molecule has 0 unspecified atom stereocenters. The Kier molecular flexibility index (Phi) is 3.65. The number of hydrogen-bond acceptors (Lipinski definition) is 2. The van der Waals surface area contributed by atoms with E-state index < -0.39 is 17.8 Å². The first-order chi connectivity index (χ1) is 8.58. The Hall–Kier alpha value is -1.84. The Bertz CT molecular complexity index is 470. The van der Waals surface area contributed by atoms with Crippen molar-refractivity contribution in [1.29, 1.82) is 0 Å². The van der Waals surface area contributed by atoms with E-state index in [4.69, 9.17) is 5.11 Å². The molecule has 18 heavy (non-hydrogen) atoms. The Labute approximate surface area is 106 Å². The number of carboxylic acids is 1. The molecular weight excluding hydrogens is 230 g/mol. The van der Waals surface area contributed by atoms with Crippen LogP contribution in [0.15, 0.2) is 24.3 Å².